The second-order valence-electron chi connectivity index (χ2n) is 5.30. The molecule has 1 aliphatic rings. The van der Waals surface area contributed by atoms with E-state index in [4.69, 9.17) is 0 Å². The Bertz CT molecular complexity index is 407. The van der Waals surface area contributed by atoms with E-state index in [0.29, 0.717) is 17.7 Å². The van der Waals surface area contributed by atoms with Gasteiger partial charge in [-0.2, -0.15) is 0 Å². The third-order valence-corrected chi connectivity index (χ3v) is 3.34. The summed E-state index contributed by atoms with van der Waals surface area (Å²) in [6.07, 6.45) is 0. The van der Waals surface area contributed by atoms with Gasteiger partial charge in [-0.1, -0.05) is 6.07 Å². The number of piperazine rings is 1. The average Bonchev–Trinajstić information content (AvgIpc) is 2.32. The van der Waals surface area contributed by atoms with Crippen molar-refractivity contribution < 1.29 is 8.78 Å². The van der Waals surface area contributed by atoms with E-state index in [1.807, 2.05) is 0 Å². The molecule has 0 radical (unpaired) electrons. The third-order valence-electron chi connectivity index (χ3n) is 3.34. The van der Waals surface area contributed by atoms with Gasteiger partial charge in [0.25, 0.3) is 0 Å². The molecule has 1 aliphatic heterocycles. The molecule has 1 N–H and O–H groups in total. The predicted molar refractivity (Wildman–Crippen MR) is 68.7 cm³/mol. The summed E-state index contributed by atoms with van der Waals surface area (Å²) in [5.74, 6) is -0.249. The first-order chi connectivity index (χ1) is 8.47. The van der Waals surface area contributed by atoms with Crippen LogP contribution in [0.15, 0.2) is 18.2 Å². The van der Waals surface area contributed by atoms with Crippen molar-refractivity contribution in [1.29, 1.82) is 0 Å². The van der Waals surface area contributed by atoms with Gasteiger partial charge in [-0.05, 0) is 31.5 Å². The van der Waals surface area contributed by atoms with Crippen molar-refractivity contribution in [2.24, 2.45) is 0 Å². The highest BCUT2D eigenvalue weighted by atomic mass is 19.1. The predicted octanol–water partition coefficient (Wildman–Crippen LogP) is 2.44. The van der Waals surface area contributed by atoms with Crippen LogP contribution in [0.5, 0.6) is 0 Å². The molecule has 1 aromatic rings. The minimum absolute atomic E-state index is 0.249. The maximum atomic E-state index is 13.9. The van der Waals surface area contributed by atoms with Gasteiger partial charge in [-0.25, -0.2) is 8.78 Å². The summed E-state index contributed by atoms with van der Waals surface area (Å²) in [5, 5.41) is 3.26. The Hall–Kier alpha value is -1.00. The Labute approximate surface area is 107 Å². The summed E-state index contributed by atoms with van der Waals surface area (Å²) in [4.78, 5) is 2.18. The normalized spacial score (nSPS) is 18.0. The minimum Gasteiger partial charge on any atom is -0.314 e. The SMILES string of the molecule is CC(C)(F)c1ccc(F)c(CN2CCNCC2)c1. The lowest BCUT2D eigenvalue weighted by molar-refractivity contribution is 0.218. The fraction of sp³-hybridized carbons (Fsp3) is 0.571. The summed E-state index contributed by atoms with van der Waals surface area (Å²) < 4.78 is 27.6. The maximum Gasteiger partial charge on any atom is 0.130 e. The summed E-state index contributed by atoms with van der Waals surface area (Å²) >= 11 is 0. The van der Waals surface area contributed by atoms with Gasteiger partial charge in [0.2, 0.25) is 0 Å². The minimum atomic E-state index is -1.42. The van der Waals surface area contributed by atoms with Crippen LogP contribution in [0, 0.1) is 5.82 Å². The summed E-state index contributed by atoms with van der Waals surface area (Å²) in [6, 6.07) is 4.54. The molecule has 18 heavy (non-hydrogen) atoms. The van der Waals surface area contributed by atoms with Crippen LogP contribution in [0.2, 0.25) is 0 Å². The Morgan fingerprint density at radius 3 is 2.56 bits per heavy atom. The van der Waals surface area contributed by atoms with Crippen LogP contribution in [-0.4, -0.2) is 31.1 Å². The van der Waals surface area contributed by atoms with E-state index < -0.39 is 5.67 Å². The molecule has 0 amide bonds. The summed E-state index contributed by atoms with van der Waals surface area (Å²) in [5.41, 5.74) is -0.305. The van der Waals surface area contributed by atoms with E-state index in [9.17, 15) is 8.78 Å². The van der Waals surface area contributed by atoms with Gasteiger partial charge in [0.1, 0.15) is 11.5 Å². The van der Waals surface area contributed by atoms with Gasteiger partial charge in [-0.15, -0.1) is 0 Å². The lowest BCUT2D eigenvalue weighted by Gasteiger charge is -2.27. The van der Waals surface area contributed by atoms with E-state index >= 15 is 0 Å². The molecule has 1 saturated heterocycles. The highest BCUT2D eigenvalue weighted by molar-refractivity contribution is 5.28. The first-order valence-electron chi connectivity index (χ1n) is 6.38. The molecule has 100 valence electrons. The van der Waals surface area contributed by atoms with Crippen LogP contribution in [-0.2, 0) is 12.2 Å². The van der Waals surface area contributed by atoms with E-state index in [-0.39, 0.29) is 5.82 Å². The smallest absolute Gasteiger partial charge is 0.130 e. The number of nitrogens with zero attached hydrogens (tertiary/aromatic N) is 1. The van der Waals surface area contributed by atoms with Gasteiger partial charge < -0.3 is 5.32 Å². The van der Waals surface area contributed by atoms with E-state index in [1.54, 1.807) is 6.07 Å². The number of rotatable bonds is 3. The van der Waals surface area contributed by atoms with Gasteiger partial charge in [-0.3, -0.25) is 4.90 Å². The van der Waals surface area contributed by atoms with Crippen LogP contribution in [0.4, 0.5) is 8.78 Å². The van der Waals surface area contributed by atoms with Crippen LogP contribution >= 0.6 is 0 Å². The van der Waals surface area contributed by atoms with E-state index in [1.165, 1.54) is 26.0 Å². The molecule has 0 aromatic heterocycles. The molecule has 0 bridgehead atoms. The highest BCUT2D eigenvalue weighted by Crippen LogP contribution is 2.26. The zero-order chi connectivity index (χ0) is 13.2. The molecule has 1 heterocycles. The molecule has 2 nitrogen and oxygen atoms in total. The summed E-state index contributed by atoms with van der Waals surface area (Å²) in [7, 11) is 0. The number of halogens is 2. The molecule has 1 fully saturated rings. The van der Waals surface area contributed by atoms with Crippen LogP contribution in [0.25, 0.3) is 0 Å². The number of alkyl halides is 1. The molecule has 1 aromatic carbocycles. The number of hydrogen-bond donors (Lipinski definition) is 1. The number of hydrogen-bond acceptors (Lipinski definition) is 2. The van der Waals surface area contributed by atoms with Gasteiger partial charge in [0.05, 0.1) is 0 Å². The topological polar surface area (TPSA) is 15.3 Å². The monoisotopic (exact) mass is 254 g/mol. The first-order valence-corrected chi connectivity index (χ1v) is 6.38. The third kappa shape index (κ3) is 3.27. The molecular formula is C14H20F2N2. The largest absolute Gasteiger partial charge is 0.314 e. The Morgan fingerprint density at radius 2 is 1.94 bits per heavy atom. The Balaban J connectivity index is 2.15. The molecule has 4 heteroatoms. The number of nitrogens with one attached hydrogen (secondary N) is 1. The molecule has 0 aliphatic carbocycles. The molecule has 2 rings (SSSR count). The lowest BCUT2D eigenvalue weighted by Crippen LogP contribution is -2.43. The van der Waals surface area contributed by atoms with Gasteiger partial charge in [0, 0.05) is 38.3 Å². The van der Waals surface area contributed by atoms with Gasteiger partial charge >= 0.3 is 0 Å². The lowest BCUT2D eigenvalue weighted by atomic mass is 9.97. The second kappa shape index (κ2) is 5.33. The van der Waals surface area contributed by atoms with Crippen molar-refractivity contribution in [3.8, 4) is 0 Å². The zero-order valence-corrected chi connectivity index (χ0v) is 11.0. The molecule has 0 spiro atoms. The molecule has 0 unspecified atom stereocenters. The van der Waals surface area contributed by atoms with Gasteiger partial charge in [0.15, 0.2) is 0 Å². The fourth-order valence-corrected chi connectivity index (χ4v) is 2.18. The quantitative estimate of drug-likeness (QED) is 0.891. The molecule has 0 atom stereocenters. The standard InChI is InChI=1S/C14H20F2N2/c1-14(2,16)12-3-4-13(15)11(9-12)10-18-7-5-17-6-8-18/h3-4,9,17H,5-8,10H2,1-2H3. The van der Waals surface area contributed by atoms with Crippen molar-refractivity contribution in [3.05, 3.63) is 35.1 Å². The van der Waals surface area contributed by atoms with Crippen molar-refractivity contribution in [2.45, 2.75) is 26.1 Å². The molecule has 0 saturated carbocycles. The Morgan fingerprint density at radius 1 is 1.28 bits per heavy atom. The zero-order valence-electron chi connectivity index (χ0n) is 11.0. The van der Waals surface area contributed by atoms with Crippen molar-refractivity contribution >= 4 is 0 Å². The van der Waals surface area contributed by atoms with Crippen molar-refractivity contribution in [2.75, 3.05) is 26.2 Å². The highest BCUT2D eigenvalue weighted by Gasteiger charge is 2.21. The van der Waals surface area contributed by atoms with Crippen LogP contribution in [0.3, 0.4) is 0 Å². The van der Waals surface area contributed by atoms with E-state index in [0.717, 1.165) is 26.2 Å². The second-order valence-corrected chi connectivity index (χ2v) is 5.30. The number of benzene rings is 1. The van der Waals surface area contributed by atoms with Crippen LogP contribution < -0.4 is 5.32 Å². The Kier molecular flexibility index (Phi) is 3.97. The van der Waals surface area contributed by atoms with Crippen molar-refractivity contribution in [1.82, 2.24) is 10.2 Å². The fourth-order valence-electron chi connectivity index (χ4n) is 2.18. The van der Waals surface area contributed by atoms with Crippen molar-refractivity contribution in [3.63, 3.8) is 0 Å². The first kappa shape index (κ1) is 13.4. The summed E-state index contributed by atoms with van der Waals surface area (Å²) in [6.45, 7) is 7.21. The molecular weight excluding hydrogens is 234 g/mol. The van der Waals surface area contributed by atoms with E-state index in [2.05, 4.69) is 10.2 Å². The maximum absolute atomic E-state index is 13.9. The van der Waals surface area contributed by atoms with Crippen LogP contribution in [0.1, 0.15) is 25.0 Å². The average molecular weight is 254 g/mol.